The number of rotatable bonds is 10. The monoisotopic (exact) mass is 288 g/mol. The van der Waals surface area contributed by atoms with E-state index in [1.165, 1.54) is 0 Å². The van der Waals surface area contributed by atoms with E-state index in [0.717, 1.165) is 32.1 Å². The maximum Gasteiger partial charge on any atom is 0.114 e. The van der Waals surface area contributed by atoms with Crippen molar-refractivity contribution in [2.24, 2.45) is 0 Å². The first-order chi connectivity index (χ1) is 9.70. The van der Waals surface area contributed by atoms with Crippen LogP contribution in [0.5, 0.6) is 0 Å². The summed E-state index contributed by atoms with van der Waals surface area (Å²) in [6.45, 7) is 2.42. The highest BCUT2D eigenvalue weighted by atomic mass is 16.6. The molecule has 0 bridgehead atoms. The van der Waals surface area contributed by atoms with Crippen LogP contribution in [-0.2, 0) is 9.47 Å². The molecule has 0 radical (unpaired) electrons. The van der Waals surface area contributed by atoms with E-state index < -0.39 is 24.4 Å². The number of aliphatic hydroxyl groups excluding tert-OH is 3. The highest BCUT2D eigenvalue weighted by molar-refractivity contribution is 4.89. The Kier molecular flexibility index (Phi) is 9.05. The van der Waals surface area contributed by atoms with Crippen LogP contribution in [-0.4, -0.2) is 59.6 Å². The molecule has 1 rings (SSSR count). The summed E-state index contributed by atoms with van der Waals surface area (Å²) in [5.41, 5.74) is 0. The van der Waals surface area contributed by atoms with Crippen LogP contribution in [0.25, 0.3) is 0 Å². The van der Waals surface area contributed by atoms with Gasteiger partial charge >= 0.3 is 0 Å². The lowest BCUT2D eigenvalue weighted by Gasteiger charge is -2.23. The van der Waals surface area contributed by atoms with E-state index in [1.54, 1.807) is 0 Å². The number of ether oxygens (including phenoxy) is 2. The first-order valence-corrected chi connectivity index (χ1v) is 7.55. The Morgan fingerprint density at radius 2 is 2.10 bits per heavy atom. The maximum atomic E-state index is 9.75. The van der Waals surface area contributed by atoms with Crippen LogP contribution in [0.15, 0.2) is 12.2 Å². The lowest BCUT2D eigenvalue weighted by atomic mass is 10.1. The molecule has 4 atom stereocenters. The lowest BCUT2D eigenvalue weighted by Crippen LogP contribution is -2.42. The second-order valence-electron chi connectivity index (χ2n) is 5.18. The molecule has 0 aromatic carbocycles. The van der Waals surface area contributed by atoms with Crippen molar-refractivity contribution in [3.05, 3.63) is 12.2 Å². The van der Waals surface area contributed by atoms with Gasteiger partial charge in [0.05, 0.1) is 13.2 Å². The van der Waals surface area contributed by atoms with E-state index in [4.69, 9.17) is 14.6 Å². The molecular weight excluding hydrogens is 260 g/mol. The minimum atomic E-state index is -1.00. The molecule has 1 fully saturated rings. The van der Waals surface area contributed by atoms with Crippen LogP contribution in [0.1, 0.15) is 39.0 Å². The third kappa shape index (κ3) is 5.89. The molecule has 5 nitrogen and oxygen atoms in total. The smallest absolute Gasteiger partial charge is 0.114 e. The molecule has 0 saturated carbocycles. The molecule has 1 heterocycles. The standard InChI is InChI=1S/C15H28O5/c1-2-3-4-5-6-7-8-9-19-15-13(18)11-20-14(15)12(17)10-16/h3-4,12-18H,2,5-11H2,1H3/b4-3+/t12-,13+,14-,15-/m0/s1. The van der Waals surface area contributed by atoms with E-state index in [-0.39, 0.29) is 13.2 Å². The van der Waals surface area contributed by atoms with Gasteiger partial charge in [0.15, 0.2) is 0 Å². The second-order valence-corrected chi connectivity index (χ2v) is 5.18. The molecule has 3 N–H and O–H groups in total. The first-order valence-electron chi connectivity index (χ1n) is 7.55. The van der Waals surface area contributed by atoms with Crippen molar-refractivity contribution in [1.82, 2.24) is 0 Å². The van der Waals surface area contributed by atoms with Gasteiger partial charge in [-0.3, -0.25) is 0 Å². The molecule has 0 aromatic rings. The average molecular weight is 288 g/mol. The van der Waals surface area contributed by atoms with Gasteiger partial charge in [-0.15, -0.1) is 0 Å². The predicted octanol–water partition coefficient (Wildman–Crippen LogP) is 1.01. The lowest BCUT2D eigenvalue weighted by molar-refractivity contribution is -0.0937. The fourth-order valence-electron chi connectivity index (χ4n) is 2.30. The topological polar surface area (TPSA) is 79.2 Å². The molecule has 118 valence electrons. The van der Waals surface area contributed by atoms with Crippen LogP contribution in [0.4, 0.5) is 0 Å². The zero-order valence-corrected chi connectivity index (χ0v) is 12.3. The van der Waals surface area contributed by atoms with E-state index in [1.807, 2.05) is 0 Å². The largest absolute Gasteiger partial charge is 0.394 e. The molecular formula is C15H28O5. The Morgan fingerprint density at radius 3 is 2.80 bits per heavy atom. The third-order valence-corrected chi connectivity index (χ3v) is 3.46. The molecule has 0 amide bonds. The highest BCUT2D eigenvalue weighted by Gasteiger charge is 2.40. The minimum absolute atomic E-state index is 0.147. The van der Waals surface area contributed by atoms with Gasteiger partial charge in [-0.25, -0.2) is 0 Å². The van der Waals surface area contributed by atoms with E-state index in [0.29, 0.717) is 6.61 Å². The van der Waals surface area contributed by atoms with Gasteiger partial charge in [-0.1, -0.05) is 25.5 Å². The zero-order chi connectivity index (χ0) is 14.8. The van der Waals surface area contributed by atoms with Crippen LogP contribution >= 0.6 is 0 Å². The van der Waals surface area contributed by atoms with Crippen LogP contribution in [0, 0.1) is 0 Å². The summed E-state index contributed by atoms with van der Waals surface area (Å²) >= 11 is 0. The van der Waals surface area contributed by atoms with Crippen molar-refractivity contribution in [2.75, 3.05) is 19.8 Å². The van der Waals surface area contributed by atoms with Gasteiger partial charge in [-0.2, -0.15) is 0 Å². The summed E-state index contributed by atoms with van der Waals surface area (Å²) in [7, 11) is 0. The Labute approximate surface area is 121 Å². The summed E-state index contributed by atoms with van der Waals surface area (Å²) in [6.07, 6.45) is 6.76. The fourth-order valence-corrected chi connectivity index (χ4v) is 2.30. The van der Waals surface area contributed by atoms with E-state index in [2.05, 4.69) is 19.1 Å². The van der Waals surface area contributed by atoms with E-state index in [9.17, 15) is 10.2 Å². The SMILES string of the molecule is CC/C=C/CCCCCO[C@@H]1[C@H]([C@@H](O)CO)OC[C@H]1O. The molecule has 1 saturated heterocycles. The van der Waals surface area contributed by atoms with Crippen molar-refractivity contribution in [1.29, 1.82) is 0 Å². The Morgan fingerprint density at radius 1 is 1.30 bits per heavy atom. The number of unbranched alkanes of at least 4 members (excludes halogenated alkanes) is 3. The molecule has 5 heteroatoms. The predicted molar refractivity (Wildman–Crippen MR) is 76.5 cm³/mol. The fraction of sp³-hybridized carbons (Fsp3) is 0.867. The highest BCUT2D eigenvalue weighted by Crippen LogP contribution is 2.21. The zero-order valence-electron chi connectivity index (χ0n) is 12.3. The van der Waals surface area contributed by atoms with Crippen LogP contribution in [0.3, 0.4) is 0 Å². The number of aliphatic hydroxyl groups is 3. The molecule has 0 aliphatic carbocycles. The van der Waals surface area contributed by atoms with Crippen LogP contribution < -0.4 is 0 Å². The van der Waals surface area contributed by atoms with Gasteiger partial charge in [0, 0.05) is 6.61 Å². The van der Waals surface area contributed by atoms with Crippen molar-refractivity contribution in [3.63, 3.8) is 0 Å². The number of hydrogen-bond donors (Lipinski definition) is 3. The molecule has 0 spiro atoms. The van der Waals surface area contributed by atoms with Crippen molar-refractivity contribution in [2.45, 2.75) is 63.4 Å². The Balaban J connectivity index is 2.14. The van der Waals surface area contributed by atoms with Gasteiger partial charge in [0.2, 0.25) is 0 Å². The van der Waals surface area contributed by atoms with Gasteiger partial charge < -0.3 is 24.8 Å². The van der Waals surface area contributed by atoms with Gasteiger partial charge in [0.1, 0.15) is 24.4 Å². The average Bonchev–Trinajstić information content (AvgIpc) is 2.82. The minimum Gasteiger partial charge on any atom is -0.394 e. The normalized spacial score (nSPS) is 28.3. The molecule has 20 heavy (non-hydrogen) atoms. The summed E-state index contributed by atoms with van der Waals surface area (Å²) in [5.74, 6) is 0. The molecule has 0 aromatic heterocycles. The summed E-state index contributed by atoms with van der Waals surface area (Å²) in [6, 6.07) is 0. The Bertz CT molecular complexity index is 269. The summed E-state index contributed by atoms with van der Waals surface area (Å²) in [4.78, 5) is 0. The molecule has 0 unspecified atom stereocenters. The number of allylic oxidation sites excluding steroid dienone is 2. The quantitative estimate of drug-likeness (QED) is 0.413. The second kappa shape index (κ2) is 10.3. The van der Waals surface area contributed by atoms with Gasteiger partial charge in [0.25, 0.3) is 0 Å². The number of hydrogen-bond acceptors (Lipinski definition) is 5. The molecule has 1 aliphatic heterocycles. The van der Waals surface area contributed by atoms with Crippen molar-refractivity contribution >= 4 is 0 Å². The third-order valence-electron chi connectivity index (χ3n) is 3.46. The van der Waals surface area contributed by atoms with Crippen LogP contribution in [0.2, 0.25) is 0 Å². The van der Waals surface area contributed by atoms with Gasteiger partial charge in [-0.05, 0) is 25.7 Å². The summed E-state index contributed by atoms with van der Waals surface area (Å²) < 4.78 is 10.9. The first kappa shape index (κ1) is 17.6. The van der Waals surface area contributed by atoms with Crippen molar-refractivity contribution < 1.29 is 24.8 Å². The summed E-state index contributed by atoms with van der Waals surface area (Å²) in [5, 5.41) is 28.3. The molecule has 1 aliphatic rings. The van der Waals surface area contributed by atoms with E-state index >= 15 is 0 Å². The Hall–Kier alpha value is -0.460. The van der Waals surface area contributed by atoms with Crippen molar-refractivity contribution in [3.8, 4) is 0 Å². The maximum absolute atomic E-state index is 9.75.